The van der Waals surface area contributed by atoms with Gasteiger partial charge in [-0.3, -0.25) is 0 Å². The van der Waals surface area contributed by atoms with Gasteiger partial charge >= 0.3 is 0 Å². The van der Waals surface area contributed by atoms with Crippen LogP contribution in [0, 0.1) is 52.4 Å². The molecule has 0 saturated carbocycles. The van der Waals surface area contributed by atoms with Crippen molar-refractivity contribution in [2.75, 3.05) is 0 Å². The number of aryl methyl sites for hydroxylation is 4. The highest BCUT2D eigenvalue weighted by Crippen LogP contribution is 2.08. The van der Waals surface area contributed by atoms with Gasteiger partial charge in [-0.1, -0.05) is 47.2 Å². The number of terminal acetylenes is 2. The van der Waals surface area contributed by atoms with Crippen molar-refractivity contribution >= 4 is 0 Å². The minimum Gasteiger partial charge on any atom is -0.115 e. The third-order valence-electron chi connectivity index (χ3n) is 3.07. The highest BCUT2D eigenvalue weighted by Gasteiger charge is 1.92. The number of hydrogen-bond donors (Lipinski definition) is 0. The van der Waals surface area contributed by atoms with E-state index in [1.807, 2.05) is 38.1 Å². The molecule has 0 radical (unpaired) electrons. The van der Waals surface area contributed by atoms with E-state index < -0.39 is 0 Å². The number of hydrogen-bond acceptors (Lipinski definition) is 0. The molecule has 0 saturated heterocycles. The lowest BCUT2D eigenvalue weighted by Crippen LogP contribution is -1.81. The van der Waals surface area contributed by atoms with Crippen molar-refractivity contribution in [3.8, 4) is 24.7 Å². The van der Waals surface area contributed by atoms with Crippen LogP contribution in [0.5, 0.6) is 0 Å². The second kappa shape index (κ2) is 7.22. The Morgan fingerprint density at radius 1 is 0.650 bits per heavy atom. The minimum absolute atomic E-state index is 0.991. The van der Waals surface area contributed by atoms with E-state index in [0.717, 1.165) is 11.1 Å². The molecule has 0 aliphatic carbocycles. The molecule has 0 aliphatic rings. The summed E-state index contributed by atoms with van der Waals surface area (Å²) in [6, 6.07) is 12.2. The summed E-state index contributed by atoms with van der Waals surface area (Å²) in [5.74, 6) is 5.24. The molecule has 0 amide bonds. The summed E-state index contributed by atoms with van der Waals surface area (Å²) in [5, 5.41) is 0. The standard InChI is InChI=1S/2C10H10/c2*1-4-10-6-5-8(2)7-9(10)3/h2*1,5-7H,2-3H3. The molecule has 0 fully saturated rings. The maximum absolute atomic E-state index is 5.25. The van der Waals surface area contributed by atoms with Gasteiger partial charge in [0.2, 0.25) is 0 Å². The van der Waals surface area contributed by atoms with E-state index in [-0.39, 0.29) is 0 Å². The fourth-order valence-electron chi connectivity index (χ4n) is 1.95. The average Bonchev–Trinajstić information content (AvgIpc) is 2.40. The second-order valence-electron chi connectivity index (χ2n) is 4.93. The third-order valence-corrected chi connectivity index (χ3v) is 3.07. The topological polar surface area (TPSA) is 0 Å². The summed E-state index contributed by atoms with van der Waals surface area (Å²) in [4.78, 5) is 0. The van der Waals surface area contributed by atoms with Gasteiger partial charge in [-0.15, -0.1) is 12.8 Å². The molecule has 0 nitrogen and oxygen atoms in total. The molecule has 2 aromatic rings. The van der Waals surface area contributed by atoms with Crippen LogP contribution in [0.2, 0.25) is 0 Å². The quantitative estimate of drug-likeness (QED) is 0.609. The molecule has 0 heterocycles. The lowest BCUT2D eigenvalue weighted by molar-refractivity contribution is 1.36. The van der Waals surface area contributed by atoms with Gasteiger partial charge in [-0.25, -0.2) is 0 Å². The zero-order chi connectivity index (χ0) is 15.1. The van der Waals surface area contributed by atoms with Crippen LogP contribution in [0.3, 0.4) is 0 Å². The Labute approximate surface area is 122 Å². The Balaban J connectivity index is 0.000000200. The van der Waals surface area contributed by atoms with E-state index in [1.165, 1.54) is 22.3 Å². The van der Waals surface area contributed by atoms with Crippen LogP contribution in [0.15, 0.2) is 36.4 Å². The Morgan fingerprint density at radius 3 is 1.25 bits per heavy atom. The Hall–Kier alpha value is -2.44. The molecule has 20 heavy (non-hydrogen) atoms. The molecule has 0 aromatic heterocycles. The molecule has 0 heteroatoms. The van der Waals surface area contributed by atoms with Crippen molar-refractivity contribution in [3.63, 3.8) is 0 Å². The van der Waals surface area contributed by atoms with Crippen LogP contribution in [-0.2, 0) is 0 Å². The van der Waals surface area contributed by atoms with Gasteiger partial charge in [0.25, 0.3) is 0 Å². The first-order valence-corrected chi connectivity index (χ1v) is 6.55. The summed E-state index contributed by atoms with van der Waals surface area (Å²) < 4.78 is 0. The van der Waals surface area contributed by atoms with E-state index in [9.17, 15) is 0 Å². The first-order valence-electron chi connectivity index (χ1n) is 6.55. The smallest absolute Gasteiger partial charge is 0.0271 e. The van der Waals surface area contributed by atoms with Gasteiger partial charge in [0, 0.05) is 11.1 Å². The fraction of sp³-hybridized carbons (Fsp3) is 0.200. The van der Waals surface area contributed by atoms with E-state index in [0.29, 0.717) is 0 Å². The lowest BCUT2D eigenvalue weighted by atomic mass is 10.1. The van der Waals surface area contributed by atoms with Crippen molar-refractivity contribution in [3.05, 3.63) is 69.8 Å². The normalized spacial score (nSPS) is 8.90. The highest BCUT2D eigenvalue weighted by atomic mass is 14.0. The van der Waals surface area contributed by atoms with E-state index >= 15 is 0 Å². The highest BCUT2D eigenvalue weighted by molar-refractivity contribution is 5.41. The monoisotopic (exact) mass is 260 g/mol. The Morgan fingerprint density at radius 2 is 1.00 bits per heavy atom. The van der Waals surface area contributed by atoms with Crippen LogP contribution in [0.4, 0.5) is 0 Å². The molecule has 2 aromatic carbocycles. The molecule has 0 atom stereocenters. The van der Waals surface area contributed by atoms with Crippen LogP contribution in [0.1, 0.15) is 33.4 Å². The van der Waals surface area contributed by atoms with Gasteiger partial charge in [-0.05, 0) is 51.0 Å². The maximum atomic E-state index is 5.25. The average molecular weight is 260 g/mol. The molecule has 0 spiro atoms. The van der Waals surface area contributed by atoms with E-state index in [1.54, 1.807) is 0 Å². The summed E-state index contributed by atoms with van der Waals surface area (Å²) in [7, 11) is 0. The van der Waals surface area contributed by atoms with Gasteiger partial charge in [0.05, 0.1) is 0 Å². The molecule has 2 rings (SSSR count). The molecular weight excluding hydrogens is 240 g/mol. The summed E-state index contributed by atoms with van der Waals surface area (Å²) in [5.41, 5.74) is 6.87. The van der Waals surface area contributed by atoms with E-state index in [4.69, 9.17) is 12.8 Å². The summed E-state index contributed by atoms with van der Waals surface area (Å²) in [6.07, 6.45) is 10.5. The second-order valence-corrected chi connectivity index (χ2v) is 4.93. The number of benzene rings is 2. The Kier molecular flexibility index (Phi) is 5.64. The SMILES string of the molecule is C#Cc1ccc(C)cc1C.C#Cc1ccc(C)cc1C. The molecule has 0 unspecified atom stereocenters. The summed E-state index contributed by atoms with van der Waals surface area (Å²) in [6.45, 7) is 8.19. The Bertz CT molecular complexity index is 615. The zero-order valence-corrected chi connectivity index (χ0v) is 12.6. The molecule has 0 N–H and O–H groups in total. The largest absolute Gasteiger partial charge is 0.115 e. The molecular formula is C20H20. The number of rotatable bonds is 0. The molecule has 100 valence electrons. The van der Waals surface area contributed by atoms with Gasteiger partial charge < -0.3 is 0 Å². The van der Waals surface area contributed by atoms with Crippen LogP contribution in [0.25, 0.3) is 0 Å². The van der Waals surface area contributed by atoms with Gasteiger partial charge in [-0.2, -0.15) is 0 Å². The predicted molar refractivity (Wildman–Crippen MR) is 87.7 cm³/mol. The fourth-order valence-corrected chi connectivity index (χ4v) is 1.95. The van der Waals surface area contributed by atoms with Crippen LogP contribution in [-0.4, -0.2) is 0 Å². The zero-order valence-electron chi connectivity index (χ0n) is 12.6. The minimum atomic E-state index is 0.991. The maximum Gasteiger partial charge on any atom is 0.0271 e. The summed E-state index contributed by atoms with van der Waals surface area (Å²) >= 11 is 0. The first kappa shape index (κ1) is 15.6. The van der Waals surface area contributed by atoms with Crippen molar-refractivity contribution in [2.45, 2.75) is 27.7 Å². The molecule has 0 aliphatic heterocycles. The molecule has 0 bridgehead atoms. The lowest BCUT2D eigenvalue weighted by Gasteiger charge is -1.97. The van der Waals surface area contributed by atoms with Crippen molar-refractivity contribution in [1.29, 1.82) is 0 Å². The van der Waals surface area contributed by atoms with E-state index in [2.05, 4.69) is 37.8 Å². The van der Waals surface area contributed by atoms with Crippen molar-refractivity contribution < 1.29 is 0 Å². The van der Waals surface area contributed by atoms with Gasteiger partial charge in [0.15, 0.2) is 0 Å². The van der Waals surface area contributed by atoms with Crippen molar-refractivity contribution in [1.82, 2.24) is 0 Å². The predicted octanol–water partition coefficient (Wildman–Crippen LogP) is 4.57. The van der Waals surface area contributed by atoms with Gasteiger partial charge in [0.1, 0.15) is 0 Å². The van der Waals surface area contributed by atoms with Crippen molar-refractivity contribution in [2.24, 2.45) is 0 Å². The van der Waals surface area contributed by atoms with Crippen LogP contribution < -0.4 is 0 Å². The first-order chi connectivity index (χ1) is 9.47. The third kappa shape index (κ3) is 4.34. The van der Waals surface area contributed by atoms with Crippen LogP contribution >= 0.6 is 0 Å².